The van der Waals surface area contributed by atoms with Gasteiger partial charge in [-0.2, -0.15) is 5.10 Å². The zero-order valence-corrected chi connectivity index (χ0v) is 14.9. The summed E-state index contributed by atoms with van der Waals surface area (Å²) < 4.78 is 1.84. The highest BCUT2D eigenvalue weighted by atomic mass is 35.5. The molecule has 0 bridgehead atoms. The van der Waals surface area contributed by atoms with Gasteiger partial charge in [0.1, 0.15) is 0 Å². The van der Waals surface area contributed by atoms with Crippen molar-refractivity contribution in [1.82, 2.24) is 20.4 Å². The zero-order valence-electron chi connectivity index (χ0n) is 14.1. The van der Waals surface area contributed by atoms with Crippen molar-refractivity contribution in [2.75, 3.05) is 13.6 Å². The highest BCUT2D eigenvalue weighted by molar-refractivity contribution is 6.31. The topological polar surface area (TPSA) is 54.2 Å². The largest absolute Gasteiger partial charge is 0.356 e. The van der Waals surface area contributed by atoms with Gasteiger partial charge in [-0.15, -0.1) is 0 Å². The summed E-state index contributed by atoms with van der Waals surface area (Å²) in [6.07, 6.45) is 1.79. The van der Waals surface area contributed by atoms with Gasteiger partial charge in [0, 0.05) is 37.3 Å². The van der Waals surface area contributed by atoms with Gasteiger partial charge in [0.25, 0.3) is 0 Å². The van der Waals surface area contributed by atoms with Gasteiger partial charge < -0.3 is 10.6 Å². The Labute approximate surface area is 142 Å². The molecular formula is C17H24ClN5. The van der Waals surface area contributed by atoms with E-state index >= 15 is 0 Å². The van der Waals surface area contributed by atoms with E-state index < -0.39 is 0 Å². The van der Waals surface area contributed by atoms with Crippen LogP contribution >= 0.6 is 11.6 Å². The number of guanidine groups is 1. The van der Waals surface area contributed by atoms with Crippen LogP contribution in [0.25, 0.3) is 0 Å². The van der Waals surface area contributed by atoms with Crippen molar-refractivity contribution >= 4 is 17.6 Å². The molecule has 1 heterocycles. The van der Waals surface area contributed by atoms with Crippen LogP contribution < -0.4 is 10.6 Å². The minimum absolute atomic E-state index is 0.109. The lowest BCUT2D eigenvalue weighted by atomic mass is 9.84. The minimum atomic E-state index is -0.109. The molecule has 0 radical (unpaired) electrons. The summed E-state index contributed by atoms with van der Waals surface area (Å²) in [7, 11) is 3.69. The standard InChI is InChI=1S/C17H24ClN5/c1-17(2,14-7-5-6-8-15(14)18)12-21-16(19-3)20-11-13-9-10-22-23(13)4/h5-10H,11-12H2,1-4H3,(H2,19,20,21). The SMILES string of the molecule is CN=C(NCc1ccnn1C)NCC(C)(C)c1ccccc1Cl. The Balaban J connectivity index is 1.95. The van der Waals surface area contributed by atoms with Gasteiger partial charge in [-0.25, -0.2) is 0 Å². The van der Waals surface area contributed by atoms with E-state index in [0.717, 1.165) is 28.8 Å². The summed E-state index contributed by atoms with van der Waals surface area (Å²) in [6, 6.07) is 9.93. The maximum atomic E-state index is 6.32. The molecule has 0 amide bonds. The molecule has 1 aromatic carbocycles. The van der Waals surface area contributed by atoms with Gasteiger partial charge in [0.05, 0.1) is 12.2 Å². The quantitative estimate of drug-likeness (QED) is 0.653. The smallest absolute Gasteiger partial charge is 0.191 e. The molecular weight excluding hydrogens is 310 g/mol. The Morgan fingerprint density at radius 1 is 1.26 bits per heavy atom. The first-order valence-electron chi connectivity index (χ1n) is 7.60. The van der Waals surface area contributed by atoms with Crippen molar-refractivity contribution in [3.05, 3.63) is 52.8 Å². The molecule has 0 atom stereocenters. The van der Waals surface area contributed by atoms with Crippen molar-refractivity contribution in [2.45, 2.75) is 25.8 Å². The maximum Gasteiger partial charge on any atom is 0.191 e. The van der Waals surface area contributed by atoms with Gasteiger partial charge in [-0.05, 0) is 17.7 Å². The summed E-state index contributed by atoms with van der Waals surface area (Å²) >= 11 is 6.32. The molecule has 0 unspecified atom stereocenters. The van der Waals surface area contributed by atoms with Crippen LogP contribution in [0.4, 0.5) is 0 Å². The lowest BCUT2D eigenvalue weighted by Gasteiger charge is -2.27. The molecule has 6 heteroatoms. The first-order chi connectivity index (χ1) is 10.9. The Kier molecular flexibility index (Phi) is 5.66. The van der Waals surface area contributed by atoms with Crippen LogP contribution in [-0.2, 0) is 19.0 Å². The molecule has 0 aliphatic rings. The number of hydrogen-bond donors (Lipinski definition) is 2. The number of rotatable bonds is 5. The Morgan fingerprint density at radius 2 is 2.00 bits per heavy atom. The lowest BCUT2D eigenvalue weighted by Crippen LogP contribution is -2.43. The van der Waals surface area contributed by atoms with Crippen LogP contribution in [0.2, 0.25) is 5.02 Å². The molecule has 5 nitrogen and oxygen atoms in total. The van der Waals surface area contributed by atoms with Crippen molar-refractivity contribution in [3.63, 3.8) is 0 Å². The van der Waals surface area contributed by atoms with Crippen LogP contribution in [0, 0.1) is 0 Å². The molecule has 0 fully saturated rings. The van der Waals surface area contributed by atoms with Crippen molar-refractivity contribution in [3.8, 4) is 0 Å². The Bertz CT molecular complexity index is 675. The molecule has 0 saturated heterocycles. The minimum Gasteiger partial charge on any atom is -0.356 e. The molecule has 1 aromatic heterocycles. The van der Waals surface area contributed by atoms with Gasteiger partial charge in [0.2, 0.25) is 0 Å². The number of hydrogen-bond acceptors (Lipinski definition) is 2. The van der Waals surface area contributed by atoms with Crippen LogP contribution in [0.1, 0.15) is 25.1 Å². The van der Waals surface area contributed by atoms with Crippen LogP contribution in [0.5, 0.6) is 0 Å². The lowest BCUT2D eigenvalue weighted by molar-refractivity contribution is 0.508. The van der Waals surface area contributed by atoms with Crippen LogP contribution in [-0.4, -0.2) is 29.3 Å². The summed E-state index contributed by atoms with van der Waals surface area (Å²) in [5.74, 6) is 0.756. The number of halogens is 1. The molecule has 2 rings (SSSR count). The zero-order chi connectivity index (χ0) is 16.9. The van der Waals surface area contributed by atoms with Crippen LogP contribution in [0.3, 0.4) is 0 Å². The van der Waals surface area contributed by atoms with Crippen molar-refractivity contribution < 1.29 is 0 Å². The van der Waals surface area contributed by atoms with E-state index in [9.17, 15) is 0 Å². The fourth-order valence-electron chi connectivity index (χ4n) is 2.38. The number of aliphatic imine (C=N–C) groups is 1. The second-order valence-electron chi connectivity index (χ2n) is 6.09. The van der Waals surface area contributed by atoms with E-state index in [0.29, 0.717) is 6.54 Å². The number of nitrogens with one attached hydrogen (secondary N) is 2. The molecule has 0 aliphatic heterocycles. The maximum absolute atomic E-state index is 6.32. The predicted molar refractivity (Wildman–Crippen MR) is 95.9 cm³/mol. The molecule has 0 aliphatic carbocycles. The van der Waals surface area contributed by atoms with Crippen molar-refractivity contribution in [2.24, 2.45) is 12.0 Å². The van der Waals surface area contributed by atoms with Gasteiger partial charge in [-0.1, -0.05) is 43.6 Å². The second-order valence-corrected chi connectivity index (χ2v) is 6.50. The first kappa shape index (κ1) is 17.3. The van der Waals surface area contributed by atoms with Crippen LogP contribution in [0.15, 0.2) is 41.5 Å². The van der Waals surface area contributed by atoms with Gasteiger partial charge in [-0.3, -0.25) is 9.67 Å². The van der Waals surface area contributed by atoms with E-state index in [1.54, 1.807) is 13.2 Å². The molecule has 0 saturated carbocycles. The Hall–Kier alpha value is -2.01. The number of aromatic nitrogens is 2. The van der Waals surface area contributed by atoms with E-state index in [2.05, 4.69) is 40.6 Å². The summed E-state index contributed by atoms with van der Waals surface area (Å²) in [5.41, 5.74) is 2.11. The predicted octanol–water partition coefficient (Wildman–Crippen LogP) is 2.72. The normalized spacial score (nSPS) is 12.3. The monoisotopic (exact) mass is 333 g/mol. The molecule has 2 aromatic rings. The Morgan fingerprint density at radius 3 is 2.61 bits per heavy atom. The third kappa shape index (κ3) is 4.48. The van der Waals surface area contributed by atoms with Gasteiger partial charge in [0.15, 0.2) is 5.96 Å². The second kappa shape index (κ2) is 7.51. The van der Waals surface area contributed by atoms with Gasteiger partial charge >= 0.3 is 0 Å². The summed E-state index contributed by atoms with van der Waals surface area (Å²) in [6.45, 7) is 5.72. The first-order valence-corrected chi connectivity index (χ1v) is 7.98. The average Bonchev–Trinajstić information content (AvgIpc) is 2.93. The molecule has 0 spiro atoms. The number of benzene rings is 1. The van der Waals surface area contributed by atoms with E-state index in [1.807, 2.05) is 36.0 Å². The summed E-state index contributed by atoms with van der Waals surface area (Å²) in [5, 5.41) is 11.6. The summed E-state index contributed by atoms with van der Waals surface area (Å²) in [4.78, 5) is 4.27. The third-order valence-electron chi connectivity index (χ3n) is 3.88. The highest BCUT2D eigenvalue weighted by Gasteiger charge is 2.23. The molecule has 124 valence electrons. The fourth-order valence-corrected chi connectivity index (χ4v) is 2.77. The van der Waals surface area contributed by atoms with E-state index in [4.69, 9.17) is 11.6 Å². The fraction of sp³-hybridized carbons (Fsp3) is 0.412. The van der Waals surface area contributed by atoms with E-state index in [-0.39, 0.29) is 5.41 Å². The number of nitrogens with zero attached hydrogens (tertiary/aromatic N) is 3. The highest BCUT2D eigenvalue weighted by Crippen LogP contribution is 2.28. The van der Waals surface area contributed by atoms with E-state index in [1.165, 1.54) is 0 Å². The van der Waals surface area contributed by atoms with Crippen molar-refractivity contribution in [1.29, 1.82) is 0 Å². The number of aryl methyl sites for hydroxylation is 1. The third-order valence-corrected chi connectivity index (χ3v) is 4.21. The molecule has 2 N–H and O–H groups in total. The average molecular weight is 334 g/mol. The molecule has 23 heavy (non-hydrogen) atoms.